The number of nitrogens with one attached hydrogen (secondary N) is 3. The molecule has 3 aromatic rings. The third-order valence-electron chi connectivity index (χ3n) is 8.73. The molecule has 1 fully saturated rings. The number of carbonyl (C=O) groups excluding carboxylic acids is 2. The number of fused-ring (bicyclic) bond motifs is 1. The fourth-order valence-electron chi connectivity index (χ4n) is 6.50. The molecule has 10 nitrogen and oxygen atoms in total. The molecule has 0 bridgehead atoms. The van der Waals surface area contributed by atoms with Crippen molar-refractivity contribution >= 4 is 30.3 Å². The van der Waals surface area contributed by atoms with E-state index in [0.29, 0.717) is 24.5 Å². The average molecular weight is 670 g/mol. The van der Waals surface area contributed by atoms with Crippen molar-refractivity contribution in [2.75, 3.05) is 13.2 Å². The van der Waals surface area contributed by atoms with Gasteiger partial charge in [-0.3, -0.25) is 18.6 Å². The van der Waals surface area contributed by atoms with E-state index in [9.17, 15) is 19.3 Å². The molecule has 0 aliphatic heterocycles. The topological polar surface area (TPSA) is 139 Å². The van der Waals surface area contributed by atoms with Crippen molar-refractivity contribution < 1.29 is 32.7 Å². The first kappa shape index (κ1) is 36.8. The Labute approximate surface area is 279 Å². The predicted molar refractivity (Wildman–Crippen MR) is 184 cm³/mol. The zero-order chi connectivity index (χ0) is 33.8. The van der Waals surface area contributed by atoms with Crippen molar-refractivity contribution in [3.8, 4) is 0 Å². The van der Waals surface area contributed by atoms with Crippen LogP contribution in [0.4, 0.5) is 0 Å². The summed E-state index contributed by atoms with van der Waals surface area (Å²) in [5, 5.41) is 22.2. The maximum absolute atomic E-state index is 14.1. The van der Waals surface area contributed by atoms with Crippen LogP contribution in [-0.4, -0.2) is 48.3 Å². The third kappa shape index (κ3) is 10.7. The highest BCUT2D eigenvalue weighted by molar-refractivity contribution is 7.51. The van der Waals surface area contributed by atoms with Crippen LogP contribution in [0.1, 0.15) is 90.1 Å². The number of furan rings is 1. The fraction of sp³-hybridized carbons (Fsp3) is 0.556. The van der Waals surface area contributed by atoms with Crippen LogP contribution >= 0.6 is 7.75 Å². The minimum absolute atomic E-state index is 0.0697. The summed E-state index contributed by atoms with van der Waals surface area (Å²) < 4.78 is 30.2. The molecule has 2 amide bonds. The number of amides is 2. The highest BCUT2D eigenvalue weighted by atomic mass is 31.2. The first-order valence-corrected chi connectivity index (χ1v) is 18.6. The van der Waals surface area contributed by atoms with Gasteiger partial charge in [-0.25, -0.2) is 9.65 Å². The van der Waals surface area contributed by atoms with Crippen molar-refractivity contribution in [1.29, 1.82) is 0 Å². The summed E-state index contributed by atoms with van der Waals surface area (Å²) in [5.41, 5.74) is 0.870. The molecular weight excluding hydrogens is 617 g/mol. The minimum Gasteiger partial charge on any atom is -0.467 e. The first-order chi connectivity index (χ1) is 22.6. The highest BCUT2D eigenvalue weighted by Gasteiger charge is 2.36. The maximum atomic E-state index is 14.1. The Morgan fingerprint density at radius 3 is 2.26 bits per heavy atom. The molecule has 0 saturated heterocycles. The van der Waals surface area contributed by atoms with Gasteiger partial charge in [0.15, 0.2) is 0 Å². The van der Waals surface area contributed by atoms with Crippen LogP contribution in [0.2, 0.25) is 0 Å². The minimum atomic E-state index is -3.86. The van der Waals surface area contributed by atoms with Crippen LogP contribution in [-0.2, 0) is 29.6 Å². The lowest BCUT2D eigenvalue weighted by molar-refractivity contribution is -0.131. The van der Waals surface area contributed by atoms with Gasteiger partial charge < -0.3 is 20.2 Å². The highest BCUT2D eigenvalue weighted by Crippen LogP contribution is 2.44. The molecule has 4 atom stereocenters. The van der Waals surface area contributed by atoms with E-state index in [-0.39, 0.29) is 31.5 Å². The molecule has 11 heteroatoms. The van der Waals surface area contributed by atoms with Gasteiger partial charge in [0.05, 0.1) is 25.5 Å². The van der Waals surface area contributed by atoms with Gasteiger partial charge in [0.1, 0.15) is 23.9 Å². The molecule has 2 aromatic carbocycles. The SMILES string of the molecule is CCOP(=O)(N[C@@H](Cc1cccc2ccccc12)C(=O)N[C@@H](CC(C)C)C(=O)N[C@H](CC1CCCCC1)[C@H](O)c1ccco1)OCC. The summed E-state index contributed by atoms with van der Waals surface area (Å²) >= 11 is 0. The van der Waals surface area contributed by atoms with Crippen molar-refractivity contribution in [2.45, 2.75) is 103 Å². The summed E-state index contributed by atoms with van der Waals surface area (Å²) in [6.07, 6.45) is 7.17. The Hall–Kier alpha value is -3.01. The fourth-order valence-corrected chi connectivity index (χ4v) is 7.99. The van der Waals surface area contributed by atoms with Crippen LogP contribution in [0.25, 0.3) is 10.8 Å². The largest absolute Gasteiger partial charge is 0.467 e. The second-order valence-corrected chi connectivity index (χ2v) is 14.6. The normalized spacial score (nSPS) is 16.9. The second kappa shape index (κ2) is 17.9. The summed E-state index contributed by atoms with van der Waals surface area (Å²) in [4.78, 5) is 28.1. The van der Waals surface area contributed by atoms with Crippen LogP contribution in [0, 0.1) is 11.8 Å². The molecule has 1 heterocycles. The van der Waals surface area contributed by atoms with Crippen molar-refractivity contribution in [3.63, 3.8) is 0 Å². The number of aliphatic hydroxyl groups excluding tert-OH is 1. The first-order valence-electron chi connectivity index (χ1n) is 17.1. The third-order valence-corrected chi connectivity index (χ3v) is 10.6. The molecule has 4 rings (SSSR count). The predicted octanol–water partition coefficient (Wildman–Crippen LogP) is 6.83. The zero-order valence-corrected chi connectivity index (χ0v) is 29.0. The van der Waals surface area contributed by atoms with Crippen molar-refractivity contribution in [2.24, 2.45) is 11.8 Å². The van der Waals surface area contributed by atoms with E-state index in [1.807, 2.05) is 56.3 Å². The van der Waals surface area contributed by atoms with Crippen LogP contribution in [0.15, 0.2) is 65.3 Å². The average Bonchev–Trinajstić information content (AvgIpc) is 3.59. The molecular formula is C36H52N3O7P. The van der Waals surface area contributed by atoms with E-state index < -0.39 is 37.9 Å². The standard InChI is InChI=1S/C36H52N3O7P/c1-5-45-47(43,46-6-2)39-32(24-28-18-12-17-27-16-10-11-19-29(27)28)36(42)38-31(22-25(3)4)35(41)37-30(23-26-14-8-7-9-15-26)34(40)33-20-13-21-44-33/h10-13,16-21,25-26,30-32,34,40H,5-9,14-15,22-24H2,1-4H3,(H,37,41)(H,38,42)(H,39,43)/t30-,31+,32+,34+/m1/s1. The number of carbonyl (C=O) groups is 2. The lowest BCUT2D eigenvalue weighted by Crippen LogP contribution is -2.55. The molecule has 0 radical (unpaired) electrons. The van der Waals surface area contributed by atoms with E-state index in [4.69, 9.17) is 13.5 Å². The van der Waals surface area contributed by atoms with Gasteiger partial charge >= 0.3 is 7.75 Å². The van der Waals surface area contributed by atoms with Gasteiger partial charge in [0.25, 0.3) is 0 Å². The summed E-state index contributed by atoms with van der Waals surface area (Å²) in [6.45, 7) is 7.60. The van der Waals surface area contributed by atoms with E-state index in [2.05, 4.69) is 15.7 Å². The summed E-state index contributed by atoms with van der Waals surface area (Å²) in [7, 11) is -3.86. The molecule has 1 aromatic heterocycles. The quantitative estimate of drug-likeness (QED) is 0.108. The number of benzene rings is 2. The summed E-state index contributed by atoms with van der Waals surface area (Å²) in [6, 6.07) is 14.6. The van der Waals surface area contributed by atoms with Gasteiger partial charge in [-0.15, -0.1) is 0 Å². The van der Waals surface area contributed by atoms with Crippen LogP contribution in [0.3, 0.4) is 0 Å². The molecule has 1 aliphatic carbocycles. The Kier molecular flexibility index (Phi) is 14.1. The monoisotopic (exact) mass is 669 g/mol. The number of aliphatic hydroxyl groups is 1. The van der Waals surface area contributed by atoms with Crippen molar-refractivity contribution in [1.82, 2.24) is 15.7 Å². The Bertz CT molecular complexity index is 1440. The molecule has 0 unspecified atom stereocenters. The van der Waals surface area contributed by atoms with Gasteiger partial charge in [0, 0.05) is 0 Å². The number of hydrogen-bond acceptors (Lipinski definition) is 7. The van der Waals surface area contributed by atoms with Gasteiger partial charge in [0.2, 0.25) is 11.8 Å². The molecule has 258 valence electrons. The van der Waals surface area contributed by atoms with Gasteiger partial charge in [-0.1, -0.05) is 88.4 Å². The van der Waals surface area contributed by atoms with Crippen LogP contribution < -0.4 is 15.7 Å². The smallest absolute Gasteiger partial charge is 0.406 e. The van der Waals surface area contributed by atoms with E-state index in [1.54, 1.807) is 26.0 Å². The second-order valence-electron chi connectivity index (χ2n) is 12.9. The van der Waals surface area contributed by atoms with Gasteiger partial charge in [-0.05, 0) is 73.4 Å². The summed E-state index contributed by atoms with van der Waals surface area (Å²) in [5.74, 6) is -0.0657. The van der Waals surface area contributed by atoms with E-state index >= 15 is 0 Å². The lowest BCUT2D eigenvalue weighted by atomic mass is 9.83. The lowest BCUT2D eigenvalue weighted by Gasteiger charge is -2.31. The Morgan fingerprint density at radius 2 is 1.60 bits per heavy atom. The molecule has 4 N–H and O–H groups in total. The van der Waals surface area contributed by atoms with E-state index in [0.717, 1.165) is 42.0 Å². The Balaban J connectivity index is 1.59. The van der Waals surface area contributed by atoms with Crippen LogP contribution in [0.5, 0.6) is 0 Å². The number of rotatable bonds is 18. The maximum Gasteiger partial charge on any atom is 0.406 e. The molecule has 47 heavy (non-hydrogen) atoms. The number of hydrogen-bond donors (Lipinski definition) is 4. The zero-order valence-electron chi connectivity index (χ0n) is 28.2. The van der Waals surface area contributed by atoms with Crippen molar-refractivity contribution in [3.05, 3.63) is 72.2 Å². The van der Waals surface area contributed by atoms with E-state index in [1.165, 1.54) is 12.7 Å². The molecule has 1 saturated carbocycles. The molecule has 1 aliphatic rings. The molecule has 0 spiro atoms. The van der Waals surface area contributed by atoms with Gasteiger partial charge in [-0.2, -0.15) is 0 Å². The Morgan fingerprint density at radius 1 is 0.915 bits per heavy atom.